The molecule has 9 heteroatoms. The quantitative estimate of drug-likeness (QED) is 0.749. The number of aryl methyl sites for hydroxylation is 1. The van der Waals surface area contributed by atoms with Crippen LogP contribution in [0.1, 0.15) is 32.0 Å². The van der Waals surface area contributed by atoms with Gasteiger partial charge in [0.15, 0.2) is 15.6 Å². The summed E-state index contributed by atoms with van der Waals surface area (Å²) in [6.07, 6.45) is 2.31. The third-order valence-corrected chi connectivity index (χ3v) is 7.51. The van der Waals surface area contributed by atoms with Crippen molar-refractivity contribution in [3.8, 4) is 0 Å². The lowest BCUT2D eigenvalue weighted by atomic mass is 10.0. The van der Waals surface area contributed by atoms with Gasteiger partial charge in [-0.3, -0.25) is 0 Å². The molecule has 4 rings (SSSR count). The molecule has 150 valence electrons. The average molecular weight is 397 g/mol. The van der Waals surface area contributed by atoms with Gasteiger partial charge in [0.05, 0.1) is 24.7 Å². The summed E-state index contributed by atoms with van der Waals surface area (Å²) in [5, 5.41) is 0. The minimum atomic E-state index is -2.94. The summed E-state index contributed by atoms with van der Waals surface area (Å²) in [7, 11) is -2.94. The molecule has 0 amide bonds. The minimum Gasteiger partial charge on any atom is -0.356 e. The van der Waals surface area contributed by atoms with Crippen molar-refractivity contribution >= 4 is 21.5 Å². The maximum atomic E-state index is 11.9. The Bertz CT molecular complexity index is 785. The molecule has 0 bridgehead atoms. The first kappa shape index (κ1) is 18.9. The molecule has 0 saturated carbocycles. The Hall–Kier alpha value is -1.45. The summed E-state index contributed by atoms with van der Waals surface area (Å²) in [5.74, 6) is 2.48. The minimum absolute atomic E-state index is 0.00735. The Morgan fingerprint density at radius 1 is 1.26 bits per heavy atom. The molecule has 3 aliphatic heterocycles. The van der Waals surface area contributed by atoms with Gasteiger partial charge in [-0.05, 0) is 20.3 Å². The van der Waals surface area contributed by atoms with Gasteiger partial charge in [0.25, 0.3) is 0 Å². The third kappa shape index (κ3) is 3.90. The largest absolute Gasteiger partial charge is 0.356 e. The van der Waals surface area contributed by atoms with Crippen molar-refractivity contribution in [3.05, 3.63) is 11.9 Å². The number of aromatic nitrogens is 2. The maximum Gasteiger partial charge on any atom is 0.171 e. The molecule has 3 fully saturated rings. The first-order valence-electron chi connectivity index (χ1n) is 9.75. The van der Waals surface area contributed by atoms with Crippen LogP contribution in [0.25, 0.3) is 0 Å². The third-order valence-electron chi connectivity index (χ3n) is 5.76. The number of rotatable bonds is 4. The summed E-state index contributed by atoms with van der Waals surface area (Å²) in [4.78, 5) is 13.6. The molecule has 1 unspecified atom stereocenters. The smallest absolute Gasteiger partial charge is 0.171 e. The second kappa shape index (κ2) is 7.18. The lowest BCUT2D eigenvalue weighted by Gasteiger charge is -2.38. The van der Waals surface area contributed by atoms with E-state index in [2.05, 4.69) is 19.8 Å². The van der Waals surface area contributed by atoms with Gasteiger partial charge in [0.1, 0.15) is 17.5 Å². The van der Waals surface area contributed by atoms with E-state index in [4.69, 9.17) is 9.47 Å². The molecule has 1 aromatic heterocycles. The van der Waals surface area contributed by atoms with Crippen LogP contribution < -0.4 is 9.80 Å². The molecule has 1 atom stereocenters. The van der Waals surface area contributed by atoms with E-state index in [1.54, 1.807) is 0 Å². The average Bonchev–Trinajstić information content (AvgIpc) is 3.22. The Kier molecular flexibility index (Phi) is 5.02. The fourth-order valence-corrected chi connectivity index (χ4v) is 6.07. The first-order chi connectivity index (χ1) is 12.9. The zero-order valence-electron chi connectivity index (χ0n) is 16.1. The predicted octanol–water partition coefficient (Wildman–Crippen LogP) is 1.14. The summed E-state index contributed by atoms with van der Waals surface area (Å²) >= 11 is 0. The van der Waals surface area contributed by atoms with Gasteiger partial charge >= 0.3 is 0 Å². The summed E-state index contributed by atoms with van der Waals surface area (Å²) in [6.45, 7) is 7.64. The van der Waals surface area contributed by atoms with Crippen LogP contribution in [0.15, 0.2) is 6.07 Å². The fourth-order valence-electron chi connectivity index (χ4n) is 4.34. The number of piperidine rings is 1. The van der Waals surface area contributed by atoms with Gasteiger partial charge < -0.3 is 19.3 Å². The number of hydrogen-bond acceptors (Lipinski definition) is 8. The van der Waals surface area contributed by atoms with E-state index in [0.29, 0.717) is 25.5 Å². The van der Waals surface area contributed by atoms with E-state index in [9.17, 15) is 8.42 Å². The molecule has 1 spiro atoms. The van der Waals surface area contributed by atoms with Crippen molar-refractivity contribution in [2.24, 2.45) is 0 Å². The Morgan fingerprint density at radius 2 is 1.96 bits per heavy atom. The zero-order valence-corrected chi connectivity index (χ0v) is 16.9. The standard InChI is InChI=1S/C18H28N4O4S/c1-3-22(15-4-11-27(23,24)13-15)17-12-16(19-14(2)20-17)21-7-5-18(6-8-21)25-9-10-26-18/h12,15H,3-11,13H2,1-2H3. The highest BCUT2D eigenvalue weighted by Crippen LogP contribution is 2.33. The SMILES string of the molecule is CCN(c1cc(N2CCC3(CC2)OCCO3)nc(C)n1)C1CCS(=O)(=O)C1. The van der Waals surface area contributed by atoms with Crippen LogP contribution in [0.4, 0.5) is 11.6 Å². The summed E-state index contributed by atoms with van der Waals surface area (Å²) < 4.78 is 35.4. The molecule has 27 heavy (non-hydrogen) atoms. The van der Waals surface area contributed by atoms with Crippen LogP contribution in [0.5, 0.6) is 0 Å². The fraction of sp³-hybridized carbons (Fsp3) is 0.778. The second-order valence-electron chi connectivity index (χ2n) is 7.57. The second-order valence-corrected chi connectivity index (χ2v) is 9.80. The molecule has 0 aromatic carbocycles. The lowest BCUT2D eigenvalue weighted by Crippen LogP contribution is -2.45. The van der Waals surface area contributed by atoms with Crippen LogP contribution in [0, 0.1) is 6.92 Å². The molecular weight excluding hydrogens is 368 g/mol. The maximum absolute atomic E-state index is 11.9. The van der Waals surface area contributed by atoms with Crippen LogP contribution >= 0.6 is 0 Å². The molecule has 1 aromatic rings. The number of ether oxygens (including phenoxy) is 2. The molecule has 3 saturated heterocycles. The Balaban J connectivity index is 1.53. The zero-order chi connectivity index (χ0) is 19.1. The van der Waals surface area contributed by atoms with E-state index in [1.807, 2.05) is 19.9 Å². The Morgan fingerprint density at radius 3 is 2.56 bits per heavy atom. The van der Waals surface area contributed by atoms with Gasteiger partial charge in [-0.2, -0.15) is 0 Å². The van der Waals surface area contributed by atoms with Crippen LogP contribution in [0.2, 0.25) is 0 Å². The van der Waals surface area contributed by atoms with E-state index < -0.39 is 15.6 Å². The van der Waals surface area contributed by atoms with Gasteiger partial charge in [-0.15, -0.1) is 0 Å². The molecule has 0 aliphatic carbocycles. The molecule has 4 heterocycles. The van der Waals surface area contributed by atoms with Crippen molar-refractivity contribution in [1.29, 1.82) is 0 Å². The monoisotopic (exact) mass is 396 g/mol. The van der Waals surface area contributed by atoms with E-state index in [-0.39, 0.29) is 17.5 Å². The highest BCUT2D eigenvalue weighted by Gasteiger charge is 2.40. The number of nitrogens with zero attached hydrogens (tertiary/aromatic N) is 4. The molecule has 3 aliphatic rings. The Labute approximate surface area is 160 Å². The summed E-state index contributed by atoms with van der Waals surface area (Å²) in [6, 6.07) is 1.99. The molecule has 0 N–H and O–H groups in total. The van der Waals surface area contributed by atoms with E-state index >= 15 is 0 Å². The normalized spacial score (nSPS) is 26.6. The highest BCUT2D eigenvalue weighted by atomic mass is 32.2. The molecule has 0 radical (unpaired) electrons. The van der Waals surface area contributed by atoms with Gasteiger partial charge in [-0.25, -0.2) is 18.4 Å². The topological polar surface area (TPSA) is 84.9 Å². The number of anilines is 2. The van der Waals surface area contributed by atoms with E-state index in [1.165, 1.54) is 0 Å². The van der Waals surface area contributed by atoms with Gasteiger partial charge in [0, 0.05) is 44.6 Å². The van der Waals surface area contributed by atoms with E-state index in [0.717, 1.165) is 44.1 Å². The van der Waals surface area contributed by atoms with Crippen molar-refractivity contribution in [3.63, 3.8) is 0 Å². The number of sulfone groups is 1. The van der Waals surface area contributed by atoms with Gasteiger partial charge in [-0.1, -0.05) is 0 Å². The van der Waals surface area contributed by atoms with Crippen molar-refractivity contribution in [2.75, 3.05) is 54.2 Å². The first-order valence-corrected chi connectivity index (χ1v) is 11.6. The van der Waals surface area contributed by atoms with Crippen molar-refractivity contribution in [1.82, 2.24) is 9.97 Å². The van der Waals surface area contributed by atoms with Crippen molar-refractivity contribution < 1.29 is 17.9 Å². The molecular formula is C18H28N4O4S. The van der Waals surface area contributed by atoms with Crippen LogP contribution in [-0.4, -0.2) is 74.6 Å². The van der Waals surface area contributed by atoms with Crippen LogP contribution in [-0.2, 0) is 19.3 Å². The number of hydrogen-bond donors (Lipinski definition) is 0. The highest BCUT2D eigenvalue weighted by molar-refractivity contribution is 7.91. The summed E-state index contributed by atoms with van der Waals surface area (Å²) in [5.41, 5.74) is 0. The predicted molar refractivity (Wildman–Crippen MR) is 103 cm³/mol. The van der Waals surface area contributed by atoms with Gasteiger partial charge in [0.2, 0.25) is 0 Å². The molecule has 8 nitrogen and oxygen atoms in total. The lowest BCUT2D eigenvalue weighted by molar-refractivity contribution is -0.169. The van der Waals surface area contributed by atoms with Crippen molar-refractivity contribution in [2.45, 2.75) is 44.9 Å². The van der Waals surface area contributed by atoms with Crippen LogP contribution in [0.3, 0.4) is 0 Å².